The van der Waals surface area contributed by atoms with E-state index >= 15 is 0 Å². The number of anilines is 1. The van der Waals surface area contributed by atoms with Crippen LogP contribution in [-0.4, -0.2) is 30.7 Å². The van der Waals surface area contributed by atoms with Crippen LogP contribution in [0.5, 0.6) is 0 Å². The summed E-state index contributed by atoms with van der Waals surface area (Å²) in [5.41, 5.74) is -1.76. The number of hydrogen-bond acceptors (Lipinski definition) is 1. The second-order valence-electron chi connectivity index (χ2n) is 4.66. The molecule has 1 aliphatic rings. The van der Waals surface area contributed by atoms with Crippen LogP contribution in [0, 0.1) is 0 Å². The molecular weight excluding hydrogens is 245 g/mol. The number of benzene rings is 1. The number of likely N-dealkylation sites (N-methyl/N-ethyl adjacent to an activating group) is 1. The Labute approximate surface area is 103 Å². The Bertz CT molecular complexity index is 486. The smallest absolute Gasteiger partial charge is 0.326 e. The topological polar surface area (TPSA) is 32.3 Å². The van der Waals surface area contributed by atoms with Crippen LogP contribution >= 0.6 is 0 Å². The Kier molecular flexibility index (Phi) is 2.76. The Morgan fingerprint density at radius 2 is 1.94 bits per heavy atom. The highest BCUT2D eigenvalue weighted by atomic mass is 19.4. The van der Waals surface area contributed by atoms with E-state index in [4.69, 9.17) is 0 Å². The SMILES string of the molecule is CN1CC(C)(C(F)(F)F)c2ccccc2NC1=O. The summed E-state index contributed by atoms with van der Waals surface area (Å²) in [7, 11) is 1.35. The van der Waals surface area contributed by atoms with E-state index in [-0.39, 0.29) is 11.3 Å². The van der Waals surface area contributed by atoms with E-state index in [1.807, 2.05) is 0 Å². The van der Waals surface area contributed by atoms with Crippen molar-refractivity contribution in [3.63, 3.8) is 0 Å². The van der Waals surface area contributed by atoms with Crippen molar-refractivity contribution in [3.05, 3.63) is 29.8 Å². The molecule has 0 aliphatic carbocycles. The van der Waals surface area contributed by atoms with Crippen LogP contribution in [0.1, 0.15) is 12.5 Å². The fourth-order valence-corrected chi connectivity index (χ4v) is 2.16. The zero-order chi connectivity index (χ0) is 13.6. The van der Waals surface area contributed by atoms with Gasteiger partial charge in [-0.3, -0.25) is 0 Å². The van der Waals surface area contributed by atoms with Crippen LogP contribution in [0.25, 0.3) is 0 Å². The molecule has 1 aromatic carbocycles. The van der Waals surface area contributed by atoms with Crippen molar-refractivity contribution in [1.82, 2.24) is 4.90 Å². The van der Waals surface area contributed by atoms with Crippen LogP contribution < -0.4 is 5.32 Å². The molecule has 1 unspecified atom stereocenters. The van der Waals surface area contributed by atoms with Crippen molar-refractivity contribution in [3.8, 4) is 0 Å². The van der Waals surface area contributed by atoms with Gasteiger partial charge in [0.15, 0.2) is 0 Å². The summed E-state index contributed by atoms with van der Waals surface area (Å²) in [6.45, 7) is 0.710. The number of rotatable bonds is 0. The lowest BCUT2D eigenvalue weighted by atomic mass is 9.80. The summed E-state index contributed by atoms with van der Waals surface area (Å²) in [5, 5.41) is 2.49. The average Bonchev–Trinajstić information content (AvgIpc) is 2.36. The molecule has 6 heteroatoms. The van der Waals surface area contributed by atoms with Gasteiger partial charge < -0.3 is 10.2 Å². The Balaban J connectivity index is 2.63. The third kappa shape index (κ3) is 1.81. The molecule has 0 saturated heterocycles. The van der Waals surface area contributed by atoms with Crippen molar-refractivity contribution in [2.24, 2.45) is 0 Å². The Morgan fingerprint density at radius 1 is 1.33 bits per heavy atom. The number of para-hydroxylation sites is 1. The molecular formula is C12H13F3N2O. The van der Waals surface area contributed by atoms with Gasteiger partial charge in [-0.1, -0.05) is 18.2 Å². The highest BCUT2D eigenvalue weighted by Crippen LogP contribution is 2.45. The minimum atomic E-state index is -4.43. The van der Waals surface area contributed by atoms with Crippen LogP contribution in [-0.2, 0) is 5.41 Å². The molecule has 2 amide bonds. The van der Waals surface area contributed by atoms with E-state index in [1.54, 1.807) is 12.1 Å². The van der Waals surface area contributed by atoms with Crippen LogP contribution in [0.3, 0.4) is 0 Å². The fourth-order valence-electron chi connectivity index (χ4n) is 2.16. The summed E-state index contributed by atoms with van der Waals surface area (Å²) < 4.78 is 40.0. The van der Waals surface area contributed by atoms with Gasteiger partial charge in [0.25, 0.3) is 0 Å². The molecule has 0 radical (unpaired) electrons. The first kappa shape index (κ1) is 12.7. The molecule has 0 saturated carbocycles. The fraction of sp³-hybridized carbons (Fsp3) is 0.417. The first-order chi connectivity index (χ1) is 8.25. The number of halogens is 3. The van der Waals surface area contributed by atoms with E-state index in [9.17, 15) is 18.0 Å². The number of carbonyl (C=O) groups excluding carboxylic acids is 1. The number of hydrogen-bond donors (Lipinski definition) is 1. The Hall–Kier alpha value is -1.72. The van der Waals surface area contributed by atoms with E-state index in [0.717, 1.165) is 11.8 Å². The summed E-state index contributed by atoms with van der Waals surface area (Å²) in [5.74, 6) is 0. The van der Waals surface area contributed by atoms with Crippen molar-refractivity contribution < 1.29 is 18.0 Å². The second-order valence-corrected chi connectivity index (χ2v) is 4.66. The Morgan fingerprint density at radius 3 is 2.56 bits per heavy atom. The first-order valence-corrected chi connectivity index (χ1v) is 5.44. The molecule has 0 fully saturated rings. The largest absolute Gasteiger partial charge is 0.399 e. The second kappa shape index (κ2) is 3.90. The lowest BCUT2D eigenvalue weighted by molar-refractivity contribution is -0.187. The van der Waals surface area contributed by atoms with Gasteiger partial charge in [0.05, 0.1) is 0 Å². The van der Waals surface area contributed by atoms with Gasteiger partial charge in [-0.2, -0.15) is 13.2 Å². The molecule has 1 heterocycles. The molecule has 98 valence electrons. The highest BCUT2D eigenvalue weighted by Gasteiger charge is 2.55. The number of fused-ring (bicyclic) bond motifs is 1. The number of nitrogens with zero attached hydrogens (tertiary/aromatic N) is 1. The maximum Gasteiger partial charge on any atom is 0.399 e. The van der Waals surface area contributed by atoms with Crippen molar-refractivity contribution in [2.75, 3.05) is 18.9 Å². The number of nitrogens with one attached hydrogen (secondary N) is 1. The summed E-state index contributed by atoms with van der Waals surface area (Å²) in [6.07, 6.45) is -4.43. The zero-order valence-corrected chi connectivity index (χ0v) is 10.0. The van der Waals surface area contributed by atoms with Crippen LogP contribution in [0.4, 0.5) is 23.7 Å². The normalized spacial score (nSPS) is 24.3. The quantitative estimate of drug-likeness (QED) is 0.762. The van der Waals surface area contributed by atoms with E-state index in [1.165, 1.54) is 19.2 Å². The molecule has 18 heavy (non-hydrogen) atoms. The number of urea groups is 1. The lowest BCUT2D eigenvalue weighted by Crippen LogP contribution is -2.48. The third-order valence-electron chi connectivity index (χ3n) is 3.29. The van der Waals surface area contributed by atoms with Gasteiger partial charge in [0.2, 0.25) is 0 Å². The van der Waals surface area contributed by atoms with Crippen molar-refractivity contribution in [2.45, 2.75) is 18.5 Å². The molecule has 1 aromatic rings. The maximum absolute atomic E-state index is 13.3. The predicted octanol–water partition coefficient (Wildman–Crippen LogP) is 2.98. The molecule has 0 spiro atoms. The number of alkyl halides is 3. The van der Waals surface area contributed by atoms with Crippen LogP contribution in [0.15, 0.2) is 24.3 Å². The standard InChI is InChI=1S/C12H13F3N2O/c1-11(12(13,14)15)7-17(2)10(18)16-9-6-4-3-5-8(9)11/h3-6H,7H2,1-2H3,(H,16,18). The number of amides is 2. The molecule has 1 aliphatic heterocycles. The van der Waals surface area contributed by atoms with Crippen molar-refractivity contribution in [1.29, 1.82) is 0 Å². The number of carbonyl (C=O) groups is 1. The highest BCUT2D eigenvalue weighted by molar-refractivity contribution is 5.91. The van der Waals surface area contributed by atoms with Gasteiger partial charge in [-0.25, -0.2) is 4.79 Å². The molecule has 1 atom stereocenters. The molecule has 0 bridgehead atoms. The average molecular weight is 258 g/mol. The summed E-state index contributed by atoms with van der Waals surface area (Å²) >= 11 is 0. The molecule has 2 rings (SSSR count). The van der Waals surface area contributed by atoms with Gasteiger partial charge in [0, 0.05) is 19.3 Å². The summed E-state index contributed by atoms with van der Waals surface area (Å²) in [6, 6.07) is 5.50. The van der Waals surface area contributed by atoms with Crippen molar-refractivity contribution >= 4 is 11.7 Å². The monoisotopic (exact) mass is 258 g/mol. The minimum Gasteiger partial charge on any atom is -0.326 e. The van der Waals surface area contributed by atoms with Gasteiger partial charge in [-0.15, -0.1) is 0 Å². The molecule has 3 nitrogen and oxygen atoms in total. The maximum atomic E-state index is 13.3. The predicted molar refractivity (Wildman–Crippen MR) is 61.5 cm³/mol. The van der Waals surface area contributed by atoms with Crippen LogP contribution in [0.2, 0.25) is 0 Å². The van der Waals surface area contributed by atoms with Gasteiger partial charge in [0.1, 0.15) is 5.41 Å². The third-order valence-corrected chi connectivity index (χ3v) is 3.29. The van der Waals surface area contributed by atoms with E-state index in [0.29, 0.717) is 0 Å². The minimum absolute atomic E-state index is 0.0928. The molecule has 1 N–H and O–H groups in total. The van der Waals surface area contributed by atoms with Gasteiger partial charge in [-0.05, 0) is 18.6 Å². The summed E-state index contributed by atoms with van der Waals surface area (Å²) in [4.78, 5) is 12.7. The first-order valence-electron chi connectivity index (χ1n) is 5.44. The van der Waals surface area contributed by atoms with E-state index in [2.05, 4.69) is 5.32 Å². The zero-order valence-electron chi connectivity index (χ0n) is 10.0. The lowest BCUT2D eigenvalue weighted by Gasteiger charge is -2.33. The molecule has 0 aromatic heterocycles. The van der Waals surface area contributed by atoms with E-state index < -0.39 is 24.2 Å². The van der Waals surface area contributed by atoms with Gasteiger partial charge >= 0.3 is 12.2 Å².